The number of carbonyl (C=O) groups excluding carboxylic acids is 1. The van der Waals surface area contributed by atoms with Crippen molar-refractivity contribution in [2.75, 3.05) is 33.3 Å². The van der Waals surface area contributed by atoms with E-state index in [0.29, 0.717) is 24.4 Å². The van der Waals surface area contributed by atoms with E-state index in [-0.39, 0.29) is 11.7 Å². The first kappa shape index (κ1) is 11.7. The molecule has 0 saturated carbocycles. The van der Waals surface area contributed by atoms with Crippen molar-refractivity contribution in [1.82, 2.24) is 10.2 Å². The number of carbonyl (C=O) groups is 1. The van der Waals surface area contributed by atoms with Crippen molar-refractivity contribution in [3.8, 4) is 11.5 Å². The van der Waals surface area contributed by atoms with E-state index in [1.54, 1.807) is 11.0 Å². The highest BCUT2D eigenvalue weighted by atomic mass is 16.5. The fourth-order valence-corrected chi connectivity index (χ4v) is 1.90. The van der Waals surface area contributed by atoms with Crippen LogP contribution in [0.1, 0.15) is 10.4 Å². The molecule has 2 rings (SSSR count). The largest absolute Gasteiger partial charge is 0.508 e. The van der Waals surface area contributed by atoms with Gasteiger partial charge in [-0.05, 0) is 18.2 Å². The van der Waals surface area contributed by atoms with E-state index in [1.807, 2.05) is 0 Å². The van der Waals surface area contributed by atoms with E-state index < -0.39 is 0 Å². The molecule has 1 heterocycles. The summed E-state index contributed by atoms with van der Waals surface area (Å²) in [7, 11) is 1.51. The molecule has 0 aliphatic carbocycles. The zero-order valence-electron chi connectivity index (χ0n) is 9.77. The molecule has 92 valence electrons. The molecular formula is C12H16N2O3. The van der Waals surface area contributed by atoms with Crippen molar-refractivity contribution >= 4 is 5.91 Å². The maximum Gasteiger partial charge on any atom is 0.257 e. The average molecular weight is 236 g/mol. The first-order valence-electron chi connectivity index (χ1n) is 5.59. The number of benzene rings is 1. The van der Waals surface area contributed by atoms with Crippen LogP contribution in [0.25, 0.3) is 0 Å². The molecule has 1 aliphatic heterocycles. The van der Waals surface area contributed by atoms with Gasteiger partial charge in [0.15, 0.2) is 0 Å². The highest BCUT2D eigenvalue weighted by Gasteiger charge is 2.21. The van der Waals surface area contributed by atoms with Crippen LogP contribution in [-0.4, -0.2) is 49.2 Å². The van der Waals surface area contributed by atoms with Gasteiger partial charge in [-0.2, -0.15) is 0 Å². The number of nitrogens with one attached hydrogen (secondary N) is 1. The van der Waals surface area contributed by atoms with Crippen LogP contribution in [0, 0.1) is 0 Å². The van der Waals surface area contributed by atoms with E-state index in [2.05, 4.69) is 5.32 Å². The molecule has 0 atom stereocenters. The van der Waals surface area contributed by atoms with Crippen LogP contribution in [0.5, 0.6) is 11.5 Å². The Hall–Kier alpha value is -1.75. The third-order valence-electron chi connectivity index (χ3n) is 2.82. The molecule has 1 fully saturated rings. The van der Waals surface area contributed by atoms with Gasteiger partial charge in [0.2, 0.25) is 0 Å². The lowest BCUT2D eigenvalue weighted by atomic mass is 10.1. The SMILES string of the molecule is COc1ccc(O)cc1C(=O)N1CCNCC1. The van der Waals surface area contributed by atoms with Gasteiger partial charge in [-0.15, -0.1) is 0 Å². The predicted octanol–water partition coefficient (Wildman–Crippen LogP) is 0.446. The predicted molar refractivity (Wildman–Crippen MR) is 63.4 cm³/mol. The molecule has 1 saturated heterocycles. The van der Waals surface area contributed by atoms with Crippen molar-refractivity contribution in [1.29, 1.82) is 0 Å². The smallest absolute Gasteiger partial charge is 0.257 e. The van der Waals surface area contributed by atoms with Crippen LogP contribution in [0.2, 0.25) is 0 Å². The molecule has 1 aromatic rings. The zero-order valence-corrected chi connectivity index (χ0v) is 9.77. The van der Waals surface area contributed by atoms with Gasteiger partial charge < -0.3 is 20.1 Å². The van der Waals surface area contributed by atoms with Crippen molar-refractivity contribution in [3.63, 3.8) is 0 Å². The Morgan fingerprint density at radius 2 is 2.12 bits per heavy atom. The van der Waals surface area contributed by atoms with E-state index in [0.717, 1.165) is 13.1 Å². The number of piperazine rings is 1. The third-order valence-corrected chi connectivity index (χ3v) is 2.82. The second-order valence-electron chi connectivity index (χ2n) is 3.93. The Kier molecular flexibility index (Phi) is 3.49. The standard InChI is InChI=1S/C12H16N2O3/c1-17-11-3-2-9(15)8-10(11)12(16)14-6-4-13-5-7-14/h2-3,8,13,15H,4-7H2,1H3. The minimum absolute atomic E-state index is 0.0734. The maximum absolute atomic E-state index is 12.2. The Morgan fingerprint density at radius 1 is 1.41 bits per heavy atom. The van der Waals surface area contributed by atoms with Gasteiger partial charge in [-0.3, -0.25) is 4.79 Å². The Balaban J connectivity index is 2.25. The first-order chi connectivity index (χ1) is 8.22. The second kappa shape index (κ2) is 5.05. The lowest BCUT2D eigenvalue weighted by molar-refractivity contribution is 0.0732. The Bertz CT molecular complexity index is 414. The number of phenolic OH excluding ortho intramolecular Hbond substituents is 1. The number of ether oxygens (including phenoxy) is 1. The van der Waals surface area contributed by atoms with Crippen LogP contribution in [0.15, 0.2) is 18.2 Å². The van der Waals surface area contributed by atoms with Crippen molar-refractivity contribution in [3.05, 3.63) is 23.8 Å². The number of phenols is 1. The van der Waals surface area contributed by atoms with Gasteiger partial charge in [-0.1, -0.05) is 0 Å². The fourth-order valence-electron chi connectivity index (χ4n) is 1.90. The zero-order chi connectivity index (χ0) is 12.3. The summed E-state index contributed by atoms with van der Waals surface area (Å²) in [5, 5.41) is 12.6. The van der Waals surface area contributed by atoms with Crippen LogP contribution < -0.4 is 10.1 Å². The summed E-state index contributed by atoms with van der Waals surface area (Å²) < 4.78 is 5.14. The molecule has 5 heteroatoms. The summed E-state index contributed by atoms with van der Waals surface area (Å²) in [6.45, 7) is 2.95. The minimum Gasteiger partial charge on any atom is -0.508 e. The van der Waals surface area contributed by atoms with Crippen LogP contribution in [0.3, 0.4) is 0 Å². The molecule has 17 heavy (non-hydrogen) atoms. The number of hydrogen-bond acceptors (Lipinski definition) is 4. The maximum atomic E-state index is 12.2. The second-order valence-corrected chi connectivity index (χ2v) is 3.93. The highest BCUT2D eigenvalue weighted by molar-refractivity contribution is 5.97. The summed E-state index contributed by atoms with van der Waals surface area (Å²) in [6, 6.07) is 4.56. The summed E-state index contributed by atoms with van der Waals surface area (Å²) >= 11 is 0. The van der Waals surface area contributed by atoms with Gasteiger partial charge in [0.25, 0.3) is 5.91 Å². The molecule has 0 spiro atoms. The molecule has 1 aromatic carbocycles. The van der Waals surface area contributed by atoms with Crippen LogP contribution >= 0.6 is 0 Å². The average Bonchev–Trinajstić information content (AvgIpc) is 2.39. The summed E-state index contributed by atoms with van der Waals surface area (Å²) in [4.78, 5) is 14.0. The molecule has 0 radical (unpaired) electrons. The topological polar surface area (TPSA) is 61.8 Å². The molecule has 0 unspecified atom stereocenters. The van der Waals surface area contributed by atoms with Crippen LogP contribution in [0.4, 0.5) is 0 Å². The quantitative estimate of drug-likeness (QED) is 0.782. The van der Waals surface area contributed by atoms with Crippen LogP contribution in [-0.2, 0) is 0 Å². The fraction of sp³-hybridized carbons (Fsp3) is 0.417. The van der Waals surface area contributed by atoms with E-state index >= 15 is 0 Å². The Labute approximate surface area is 100.0 Å². The molecular weight excluding hydrogens is 220 g/mol. The van der Waals surface area contributed by atoms with Gasteiger partial charge >= 0.3 is 0 Å². The number of rotatable bonds is 2. The minimum atomic E-state index is -0.0979. The van der Waals surface area contributed by atoms with Crippen molar-refractivity contribution in [2.24, 2.45) is 0 Å². The van der Waals surface area contributed by atoms with Gasteiger partial charge in [-0.25, -0.2) is 0 Å². The van der Waals surface area contributed by atoms with Crippen molar-refractivity contribution < 1.29 is 14.6 Å². The summed E-state index contributed by atoms with van der Waals surface area (Å²) in [5.41, 5.74) is 0.411. The van der Waals surface area contributed by atoms with Gasteiger partial charge in [0.05, 0.1) is 12.7 Å². The number of hydrogen-bond donors (Lipinski definition) is 2. The number of aromatic hydroxyl groups is 1. The van der Waals surface area contributed by atoms with Gasteiger partial charge in [0.1, 0.15) is 11.5 Å². The van der Waals surface area contributed by atoms with Crippen molar-refractivity contribution in [2.45, 2.75) is 0 Å². The highest BCUT2D eigenvalue weighted by Crippen LogP contribution is 2.24. The molecule has 1 aliphatic rings. The van der Waals surface area contributed by atoms with Gasteiger partial charge in [0, 0.05) is 26.2 Å². The molecule has 1 amide bonds. The summed E-state index contributed by atoms with van der Waals surface area (Å²) in [5.74, 6) is 0.467. The lowest BCUT2D eigenvalue weighted by Crippen LogP contribution is -2.46. The first-order valence-corrected chi connectivity index (χ1v) is 5.59. The molecule has 0 aromatic heterocycles. The number of methoxy groups -OCH3 is 1. The van der Waals surface area contributed by atoms with E-state index in [9.17, 15) is 9.90 Å². The normalized spacial score (nSPS) is 15.7. The third kappa shape index (κ3) is 2.50. The molecule has 2 N–H and O–H groups in total. The lowest BCUT2D eigenvalue weighted by Gasteiger charge is -2.27. The summed E-state index contributed by atoms with van der Waals surface area (Å²) in [6.07, 6.45) is 0. The number of amides is 1. The molecule has 5 nitrogen and oxygen atoms in total. The van der Waals surface area contributed by atoms with E-state index in [4.69, 9.17) is 4.74 Å². The monoisotopic (exact) mass is 236 g/mol. The molecule has 0 bridgehead atoms. The van der Waals surface area contributed by atoms with E-state index in [1.165, 1.54) is 19.2 Å². The number of nitrogens with zero attached hydrogens (tertiary/aromatic N) is 1. The Morgan fingerprint density at radius 3 is 2.76 bits per heavy atom.